The van der Waals surface area contributed by atoms with Crippen LogP contribution >= 0.6 is 11.6 Å². The summed E-state index contributed by atoms with van der Waals surface area (Å²) in [6, 6.07) is 5.55. The number of rotatable bonds is 4. The molecule has 1 heterocycles. The molecule has 0 bridgehead atoms. The zero-order chi connectivity index (χ0) is 14.8. The summed E-state index contributed by atoms with van der Waals surface area (Å²) < 4.78 is 5.09. The van der Waals surface area contributed by atoms with Gasteiger partial charge in [0.15, 0.2) is 0 Å². The minimum absolute atomic E-state index is 0.0784. The predicted octanol–water partition coefficient (Wildman–Crippen LogP) is 2.26. The van der Waals surface area contributed by atoms with Gasteiger partial charge in [0.2, 0.25) is 5.91 Å². The molecule has 0 radical (unpaired) electrons. The van der Waals surface area contributed by atoms with E-state index in [0.717, 1.165) is 5.56 Å². The lowest BCUT2D eigenvalue weighted by Gasteiger charge is -2.19. The van der Waals surface area contributed by atoms with Gasteiger partial charge >= 0.3 is 0 Å². The van der Waals surface area contributed by atoms with Crippen molar-refractivity contribution >= 4 is 17.5 Å². The Morgan fingerprint density at radius 2 is 2.30 bits per heavy atom. The minimum atomic E-state index is -0.737. The maximum absolute atomic E-state index is 12.1. The van der Waals surface area contributed by atoms with E-state index in [1.807, 2.05) is 18.2 Å². The van der Waals surface area contributed by atoms with Gasteiger partial charge in [-0.3, -0.25) is 4.79 Å². The van der Waals surface area contributed by atoms with E-state index >= 15 is 0 Å². The van der Waals surface area contributed by atoms with Crippen LogP contribution in [0.2, 0.25) is 5.02 Å². The molecule has 1 amide bonds. The smallest absolute Gasteiger partial charge is 0.223 e. The second-order valence-electron chi connectivity index (χ2n) is 5.53. The summed E-state index contributed by atoms with van der Waals surface area (Å²) in [5.41, 5.74) is 0.272. The highest BCUT2D eigenvalue weighted by molar-refractivity contribution is 6.32. The summed E-state index contributed by atoms with van der Waals surface area (Å²) >= 11 is 6.06. The number of amides is 1. The Kier molecular flexibility index (Phi) is 4.55. The Morgan fingerprint density at radius 1 is 1.55 bits per heavy atom. The monoisotopic (exact) mass is 297 g/mol. The van der Waals surface area contributed by atoms with Crippen molar-refractivity contribution in [3.63, 3.8) is 0 Å². The van der Waals surface area contributed by atoms with Crippen LogP contribution in [0.4, 0.5) is 0 Å². The van der Waals surface area contributed by atoms with Crippen molar-refractivity contribution < 1.29 is 14.6 Å². The average molecular weight is 298 g/mol. The second-order valence-corrected chi connectivity index (χ2v) is 5.94. The molecule has 4 nitrogen and oxygen atoms in total. The quantitative estimate of drug-likeness (QED) is 0.927. The molecule has 1 N–H and O–H groups in total. The van der Waals surface area contributed by atoms with Crippen LogP contribution in [0.5, 0.6) is 5.75 Å². The van der Waals surface area contributed by atoms with Crippen molar-refractivity contribution in [1.29, 1.82) is 0 Å². The van der Waals surface area contributed by atoms with Gasteiger partial charge in [-0.15, -0.1) is 0 Å². The maximum atomic E-state index is 12.1. The van der Waals surface area contributed by atoms with Crippen molar-refractivity contribution in [1.82, 2.24) is 4.90 Å². The molecule has 110 valence electrons. The third-order valence-electron chi connectivity index (χ3n) is 3.65. The highest BCUT2D eigenvalue weighted by atomic mass is 35.5. The van der Waals surface area contributed by atoms with Crippen LogP contribution in [0.3, 0.4) is 0 Å². The lowest BCUT2D eigenvalue weighted by molar-refractivity contribution is -0.131. The molecular formula is C15H20ClNO3. The summed E-state index contributed by atoms with van der Waals surface area (Å²) in [5.74, 6) is 0.715. The third kappa shape index (κ3) is 3.64. The number of ether oxygens (including phenoxy) is 1. The first-order valence-electron chi connectivity index (χ1n) is 6.74. The molecule has 2 rings (SSSR count). The fourth-order valence-electron chi connectivity index (χ4n) is 2.43. The van der Waals surface area contributed by atoms with Crippen molar-refractivity contribution in [3.8, 4) is 5.75 Å². The molecule has 1 aromatic carbocycles. The van der Waals surface area contributed by atoms with Crippen molar-refractivity contribution in [2.24, 2.45) is 0 Å². The van der Waals surface area contributed by atoms with E-state index in [4.69, 9.17) is 16.3 Å². The molecule has 0 saturated carbocycles. The van der Waals surface area contributed by atoms with E-state index < -0.39 is 5.60 Å². The number of halogens is 1. The van der Waals surface area contributed by atoms with Crippen LogP contribution < -0.4 is 4.74 Å². The Hall–Kier alpha value is -1.26. The number of carbonyl (C=O) groups excluding carboxylic acids is 1. The lowest BCUT2D eigenvalue weighted by atomic mass is 10.1. The Balaban J connectivity index is 1.89. The van der Waals surface area contributed by atoms with Gasteiger partial charge in [0.05, 0.1) is 17.7 Å². The molecule has 0 spiro atoms. The minimum Gasteiger partial charge on any atom is -0.495 e. The normalized spacial score (nSPS) is 22.1. The summed E-state index contributed by atoms with van der Waals surface area (Å²) in [6.45, 7) is 2.83. The standard InChI is InChI=1S/C15H20ClNO3/c1-15(19)7-8-17(10-15)14(18)6-4-11-3-5-13(20-2)12(16)9-11/h3,5,9,19H,4,6-8,10H2,1-2H3. The zero-order valence-corrected chi connectivity index (χ0v) is 12.6. The van der Waals surface area contributed by atoms with E-state index in [9.17, 15) is 9.90 Å². The van der Waals surface area contributed by atoms with Gasteiger partial charge in [-0.25, -0.2) is 0 Å². The summed E-state index contributed by atoms with van der Waals surface area (Å²) in [7, 11) is 1.57. The largest absolute Gasteiger partial charge is 0.495 e. The van der Waals surface area contributed by atoms with Gasteiger partial charge in [0.25, 0.3) is 0 Å². The van der Waals surface area contributed by atoms with E-state index in [-0.39, 0.29) is 5.91 Å². The highest BCUT2D eigenvalue weighted by Crippen LogP contribution is 2.26. The van der Waals surface area contributed by atoms with Crippen LogP contribution in [0, 0.1) is 0 Å². The molecule has 1 aliphatic rings. The van der Waals surface area contributed by atoms with Crippen LogP contribution in [-0.2, 0) is 11.2 Å². The number of hydrogen-bond acceptors (Lipinski definition) is 3. The number of β-amino-alcohol motifs (C(OH)–C–C–N with tert-alkyl or cyclic N) is 1. The number of aryl methyl sites for hydroxylation is 1. The van der Waals surface area contributed by atoms with Gasteiger partial charge in [-0.1, -0.05) is 17.7 Å². The van der Waals surface area contributed by atoms with Crippen molar-refractivity contribution in [2.45, 2.75) is 31.8 Å². The molecule has 1 aromatic rings. The number of likely N-dealkylation sites (tertiary alicyclic amines) is 1. The van der Waals surface area contributed by atoms with Crippen LogP contribution in [-0.4, -0.2) is 41.7 Å². The predicted molar refractivity (Wildman–Crippen MR) is 78.1 cm³/mol. The molecule has 1 saturated heterocycles. The number of hydrogen-bond donors (Lipinski definition) is 1. The topological polar surface area (TPSA) is 49.8 Å². The number of carbonyl (C=O) groups is 1. The first kappa shape index (κ1) is 15.1. The van der Waals surface area contributed by atoms with Crippen molar-refractivity contribution in [2.75, 3.05) is 20.2 Å². The molecule has 1 aliphatic heterocycles. The molecular weight excluding hydrogens is 278 g/mol. The second kappa shape index (κ2) is 6.02. The van der Waals surface area contributed by atoms with Crippen LogP contribution in [0.1, 0.15) is 25.3 Å². The number of methoxy groups -OCH3 is 1. The average Bonchev–Trinajstić information content (AvgIpc) is 2.76. The first-order valence-corrected chi connectivity index (χ1v) is 7.12. The van der Waals surface area contributed by atoms with Crippen LogP contribution in [0.25, 0.3) is 0 Å². The van der Waals surface area contributed by atoms with Crippen molar-refractivity contribution in [3.05, 3.63) is 28.8 Å². The van der Waals surface area contributed by atoms with Gasteiger partial charge < -0.3 is 14.7 Å². The number of benzene rings is 1. The Labute approximate surface area is 124 Å². The maximum Gasteiger partial charge on any atom is 0.223 e. The summed E-state index contributed by atoms with van der Waals surface area (Å²) in [6.07, 6.45) is 1.72. The molecule has 1 atom stereocenters. The SMILES string of the molecule is COc1ccc(CCC(=O)N2CCC(C)(O)C2)cc1Cl. The molecule has 1 unspecified atom stereocenters. The van der Waals surface area contributed by atoms with Crippen LogP contribution in [0.15, 0.2) is 18.2 Å². The Morgan fingerprint density at radius 3 is 2.85 bits per heavy atom. The molecule has 5 heteroatoms. The van der Waals surface area contributed by atoms with Gasteiger partial charge in [0.1, 0.15) is 5.75 Å². The molecule has 0 aliphatic carbocycles. The third-order valence-corrected chi connectivity index (χ3v) is 3.94. The fraction of sp³-hybridized carbons (Fsp3) is 0.533. The number of nitrogens with zero attached hydrogens (tertiary/aromatic N) is 1. The summed E-state index contributed by atoms with van der Waals surface area (Å²) in [5, 5.41) is 10.4. The highest BCUT2D eigenvalue weighted by Gasteiger charge is 2.33. The van der Waals surface area contributed by atoms with E-state index in [2.05, 4.69) is 0 Å². The van der Waals surface area contributed by atoms with E-state index in [0.29, 0.717) is 43.1 Å². The lowest BCUT2D eigenvalue weighted by Crippen LogP contribution is -2.33. The number of aliphatic hydroxyl groups is 1. The van der Waals surface area contributed by atoms with Gasteiger partial charge in [-0.05, 0) is 37.5 Å². The summed E-state index contributed by atoms with van der Waals surface area (Å²) in [4.78, 5) is 13.8. The molecule has 1 fully saturated rings. The Bertz CT molecular complexity index is 502. The van der Waals surface area contributed by atoms with E-state index in [1.54, 1.807) is 18.9 Å². The fourth-order valence-corrected chi connectivity index (χ4v) is 2.71. The van der Waals surface area contributed by atoms with E-state index in [1.165, 1.54) is 0 Å². The molecule has 20 heavy (non-hydrogen) atoms. The van der Waals surface area contributed by atoms with Gasteiger partial charge in [0, 0.05) is 19.5 Å². The van der Waals surface area contributed by atoms with Gasteiger partial charge in [-0.2, -0.15) is 0 Å². The zero-order valence-electron chi connectivity index (χ0n) is 11.9. The first-order chi connectivity index (χ1) is 9.41. The molecule has 0 aromatic heterocycles.